The van der Waals surface area contributed by atoms with E-state index >= 15 is 0 Å². The summed E-state index contributed by atoms with van der Waals surface area (Å²) in [7, 11) is 4.29. The largest absolute Gasteiger partial charge is 0.497 e. The van der Waals surface area contributed by atoms with E-state index < -0.39 is 17.8 Å². The number of nitrogens with one attached hydrogen (secondary N) is 1. The minimum absolute atomic E-state index is 0.0974. The summed E-state index contributed by atoms with van der Waals surface area (Å²) >= 11 is 0. The van der Waals surface area contributed by atoms with E-state index in [-0.39, 0.29) is 22.7 Å². The number of hydrogen-bond acceptors (Lipinski definition) is 6. The first-order valence-corrected chi connectivity index (χ1v) is 10.5. The smallest absolute Gasteiger partial charge is 0.338 e. The molecule has 0 radical (unpaired) electrons. The number of amides is 2. The van der Waals surface area contributed by atoms with Gasteiger partial charge in [0.1, 0.15) is 5.75 Å². The molecule has 4 rings (SSSR count). The van der Waals surface area contributed by atoms with E-state index in [1.807, 2.05) is 24.3 Å². The van der Waals surface area contributed by atoms with Gasteiger partial charge in [-0.15, -0.1) is 0 Å². The minimum Gasteiger partial charge on any atom is -0.497 e. The molecule has 2 aromatic carbocycles. The molecule has 0 aromatic heterocycles. The van der Waals surface area contributed by atoms with Crippen molar-refractivity contribution < 1.29 is 23.9 Å². The van der Waals surface area contributed by atoms with Crippen LogP contribution in [-0.2, 0) is 4.74 Å². The minimum atomic E-state index is -0.647. The number of methoxy groups -OCH3 is 2. The number of esters is 1. The molecule has 162 valence electrons. The highest BCUT2D eigenvalue weighted by Crippen LogP contribution is 2.41. The van der Waals surface area contributed by atoms with Crippen LogP contribution in [0.25, 0.3) is 11.1 Å². The van der Waals surface area contributed by atoms with Gasteiger partial charge in [-0.1, -0.05) is 31.4 Å². The monoisotopic (exact) mass is 422 g/mol. The van der Waals surface area contributed by atoms with Crippen LogP contribution in [0.4, 0.5) is 5.69 Å². The number of anilines is 1. The molecule has 31 heavy (non-hydrogen) atoms. The summed E-state index contributed by atoms with van der Waals surface area (Å²) in [6.45, 7) is 0. The maximum Gasteiger partial charge on any atom is 0.338 e. The Morgan fingerprint density at radius 3 is 2.26 bits per heavy atom. The second-order valence-corrected chi connectivity index (χ2v) is 7.97. The van der Waals surface area contributed by atoms with Crippen LogP contribution in [0, 0.1) is 0 Å². The lowest BCUT2D eigenvalue weighted by atomic mass is 9.90. The number of rotatable bonds is 5. The van der Waals surface area contributed by atoms with Crippen LogP contribution >= 0.6 is 0 Å². The Labute approximate surface area is 181 Å². The van der Waals surface area contributed by atoms with E-state index in [0.717, 1.165) is 36.1 Å². The van der Waals surface area contributed by atoms with Crippen LogP contribution in [-0.4, -0.2) is 50.0 Å². The lowest BCUT2D eigenvalue weighted by Gasteiger charge is -2.27. The predicted molar refractivity (Wildman–Crippen MR) is 117 cm³/mol. The second-order valence-electron chi connectivity index (χ2n) is 7.97. The van der Waals surface area contributed by atoms with Crippen LogP contribution < -0.4 is 10.1 Å². The molecule has 0 unspecified atom stereocenters. The molecule has 1 aliphatic carbocycles. The molecule has 1 fully saturated rings. The van der Waals surface area contributed by atoms with Gasteiger partial charge in [-0.05, 0) is 36.6 Å². The van der Waals surface area contributed by atoms with Crippen molar-refractivity contribution in [2.45, 2.75) is 38.1 Å². The molecule has 2 amide bonds. The zero-order chi connectivity index (χ0) is 22.1. The van der Waals surface area contributed by atoms with Gasteiger partial charge in [0, 0.05) is 18.7 Å². The average molecular weight is 422 g/mol. The molecule has 2 aromatic rings. The van der Waals surface area contributed by atoms with Gasteiger partial charge in [-0.2, -0.15) is 0 Å². The molecule has 7 heteroatoms. The van der Waals surface area contributed by atoms with E-state index in [4.69, 9.17) is 9.47 Å². The highest BCUT2D eigenvalue weighted by molar-refractivity contribution is 6.27. The standard InChI is InChI=1S/C24H26N2O5/c1-26-22(27)19-18(24(29)31-3)13-17(14-9-11-16(30-2)12-10-14)21(20(19)23(26)28)25-15-7-5-4-6-8-15/h9-13,15,25H,4-8H2,1-3H3. The fourth-order valence-electron chi connectivity index (χ4n) is 4.42. The Kier molecular flexibility index (Phi) is 5.67. The van der Waals surface area contributed by atoms with Gasteiger partial charge >= 0.3 is 5.97 Å². The first kappa shape index (κ1) is 20.9. The summed E-state index contributed by atoms with van der Waals surface area (Å²) in [5.74, 6) is -0.857. The van der Waals surface area contributed by atoms with Gasteiger partial charge in [-0.25, -0.2) is 4.79 Å². The Morgan fingerprint density at radius 2 is 1.65 bits per heavy atom. The van der Waals surface area contributed by atoms with Crippen molar-refractivity contribution in [2.24, 2.45) is 0 Å². The van der Waals surface area contributed by atoms with Crippen LogP contribution in [0.1, 0.15) is 63.2 Å². The zero-order valence-corrected chi connectivity index (χ0v) is 18.0. The third-order valence-corrected chi connectivity index (χ3v) is 6.12. The zero-order valence-electron chi connectivity index (χ0n) is 18.0. The number of imide groups is 1. The predicted octanol–water partition coefficient (Wildman–Crippen LogP) is 4.12. The van der Waals surface area contributed by atoms with Crippen LogP contribution in [0.5, 0.6) is 5.75 Å². The fourth-order valence-corrected chi connectivity index (χ4v) is 4.42. The summed E-state index contributed by atoms with van der Waals surface area (Å²) in [6.07, 6.45) is 5.42. The summed E-state index contributed by atoms with van der Waals surface area (Å²) in [6, 6.07) is 9.25. The van der Waals surface area contributed by atoms with Gasteiger partial charge in [0.05, 0.1) is 36.6 Å². The van der Waals surface area contributed by atoms with Gasteiger partial charge in [0.25, 0.3) is 11.8 Å². The van der Waals surface area contributed by atoms with Crippen molar-refractivity contribution in [3.63, 3.8) is 0 Å². The number of hydrogen-bond donors (Lipinski definition) is 1. The summed E-state index contributed by atoms with van der Waals surface area (Å²) < 4.78 is 10.2. The van der Waals surface area contributed by atoms with E-state index in [9.17, 15) is 14.4 Å². The molecular formula is C24H26N2O5. The number of ether oxygens (including phenoxy) is 2. The van der Waals surface area contributed by atoms with Gasteiger partial charge in [0.15, 0.2) is 0 Å². The number of carbonyl (C=O) groups excluding carboxylic acids is 3. The fraction of sp³-hybridized carbons (Fsp3) is 0.375. The number of benzene rings is 2. The van der Waals surface area contributed by atoms with Crippen LogP contribution in [0.2, 0.25) is 0 Å². The summed E-state index contributed by atoms with van der Waals surface area (Å²) in [5, 5.41) is 3.55. The topological polar surface area (TPSA) is 84.9 Å². The third kappa shape index (κ3) is 3.65. The van der Waals surface area contributed by atoms with Crippen molar-refractivity contribution in [3.05, 3.63) is 47.0 Å². The lowest BCUT2D eigenvalue weighted by Crippen LogP contribution is -2.26. The van der Waals surface area contributed by atoms with Crippen molar-refractivity contribution in [1.82, 2.24) is 4.90 Å². The Morgan fingerprint density at radius 1 is 1.00 bits per heavy atom. The van der Waals surface area contributed by atoms with Crippen molar-refractivity contribution in [3.8, 4) is 16.9 Å². The Bertz CT molecular complexity index is 1040. The van der Waals surface area contributed by atoms with Crippen molar-refractivity contribution in [1.29, 1.82) is 0 Å². The quantitative estimate of drug-likeness (QED) is 0.576. The lowest BCUT2D eigenvalue weighted by molar-refractivity contribution is 0.0590. The van der Waals surface area contributed by atoms with Gasteiger partial charge in [0.2, 0.25) is 0 Å². The second kappa shape index (κ2) is 8.41. The molecule has 0 bridgehead atoms. The van der Waals surface area contributed by atoms with Gasteiger partial charge in [-0.3, -0.25) is 14.5 Å². The molecule has 1 saturated carbocycles. The summed E-state index contributed by atoms with van der Waals surface area (Å²) in [4.78, 5) is 39.6. The molecule has 2 aliphatic rings. The molecular weight excluding hydrogens is 396 g/mol. The number of nitrogens with zero attached hydrogens (tertiary/aromatic N) is 1. The highest BCUT2D eigenvalue weighted by Gasteiger charge is 2.41. The van der Waals surface area contributed by atoms with Crippen LogP contribution in [0.3, 0.4) is 0 Å². The molecule has 1 N–H and O–H groups in total. The molecule has 0 saturated heterocycles. The number of carbonyl (C=O) groups is 3. The van der Waals surface area contributed by atoms with E-state index in [1.165, 1.54) is 20.6 Å². The maximum absolute atomic E-state index is 13.1. The average Bonchev–Trinajstić information content (AvgIpc) is 3.04. The molecule has 1 heterocycles. The number of fused-ring (bicyclic) bond motifs is 1. The maximum atomic E-state index is 13.1. The highest BCUT2D eigenvalue weighted by atomic mass is 16.5. The SMILES string of the molecule is COC(=O)c1cc(-c2ccc(OC)cc2)c(NC2CCCCC2)c2c1C(=O)N(C)C2=O. The third-order valence-electron chi connectivity index (χ3n) is 6.12. The first-order chi connectivity index (χ1) is 15.0. The van der Waals surface area contributed by atoms with Crippen molar-refractivity contribution >= 4 is 23.5 Å². The molecule has 0 spiro atoms. The normalized spacial score (nSPS) is 16.3. The van der Waals surface area contributed by atoms with Gasteiger partial charge < -0.3 is 14.8 Å². The molecule has 1 aliphatic heterocycles. The van der Waals surface area contributed by atoms with E-state index in [2.05, 4.69) is 5.32 Å². The van der Waals surface area contributed by atoms with E-state index in [0.29, 0.717) is 17.0 Å². The van der Waals surface area contributed by atoms with E-state index in [1.54, 1.807) is 13.2 Å². The Balaban J connectivity index is 1.96. The first-order valence-electron chi connectivity index (χ1n) is 10.5. The summed E-state index contributed by atoms with van der Waals surface area (Å²) in [5.41, 5.74) is 2.54. The Hall–Kier alpha value is -3.35. The molecule has 0 atom stereocenters. The van der Waals surface area contributed by atoms with Crippen molar-refractivity contribution in [2.75, 3.05) is 26.6 Å². The molecule has 7 nitrogen and oxygen atoms in total. The van der Waals surface area contributed by atoms with Crippen LogP contribution in [0.15, 0.2) is 30.3 Å².